The van der Waals surface area contributed by atoms with Crippen LogP contribution >= 0.6 is 12.6 Å². The van der Waals surface area contributed by atoms with Crippen molar-refractivity contribution in [2.75, 3.05) is 26.1 Å². The molecule has 122 valence electrons. The van der Waals surface area contributed by atoms with E-state index in [1.165, 1.54) is 0 Å². The SMILES string of the molecule is COc1ccc(CCNC(=O)Nc2ccccc2S)cc1OC. The van der Waals surface area contributed by atoms with Crippen LogP contribution in [0, 0.1) is 0 Å². The van der Waals surface area contributed by atoms with Gasteiger partial charge in [-0.05, 0) is 36.2 Å². The molecule has 0 aliphatic rings. The van der Waals surface area contributed by atoms with E-state index in [4.69, 9.17) is 9.47 Å². The highest BCUT2D eigenvalue weighted by Crippen LogP contribution is 2.27. The molecule has 0 radical (unpaired) electrons. The van der Waals surface area contributed by atoms with Crippen molar-refractivity contribution in [2.24, 2.45) is 0 Å². The van der Waals surface area contributed by atoms with Crippen LogP contribution in [0.25, 0.3) is 0 Å². The van der Waals surface area contributed by atoms with E-state index in [0.29, 0.717) is 30.2 Å². The maximum absolute atomic E-state index is 11.9. The van der Waals surface area contributed by atoms with Crippen LogP contribution in [0.15, 0.2) is 47.4 Å². The van der Waals surface area contributed by atoms with E-state index in [1.54, 1.807) is 20.3 Å². The second-order valence-corrected chi connectivity index (χ2v) is 5.32. The number of ether oxygens (including phenoxy) is 2. The van der Waals surface area contributed by atoms with Gasteiger partial charge in [-0.15, -0.1) is 12.6 Å². The van der Waals surface area contributed by atoms with Gasteiger partial charge in [-0.1, -0.05) is 18.2 Å². The van der Waals surface area contributed by atoms with E-state index in [1.807, 2.05) is 36.4 Å². The number of rotatable bonds is 6. The molecular weight excluding hydrogens is 312 g/mol. The number of carbonyl (C=O) groups is 1. The van der Waals surface area contributed by atoms with Crippen LogP contribution in [-0.2, 0) is 6.42 Å². The number of hydrogen-bond acceptors (Lipinski definition) is 4. The number of amides is 2. The van der Waals surface area contributed by atoms with Gasteiger partial charge in [-0.2, -0.15) is 0 Å². The van der Waals surface area contributed by atoms with E-state index in [9.17, 15) is 4.79 Å². The molecule has 2 aromatic carbocycles. The first kappa shape index (κ1) is 17.0. The normalized spacial score (nSPS) is 10.0. The summed E-state index contributed by atoms with van der Waals surface area (Å²) in [4.78, 5) is 12.6. The lowest BCUT2D eigenvalue weighted by Crippen LogP contribution is -2.30. The summed E-state index contributed by atoms with van der Waals surface area (Å²) in [5.74, 6) is 1.37. The molecule has 0 bridgehead atoms. The number of methoxy groups -OCH3 is 2. The molecule has 2 rings (SSSR count). The van der Waals surface area contributed by atoms with Gasteiger partial charge in [0.1, 0.15) is 0 Å². The Bertz CT molecular complexity index is 677. The van der Waals surface area contributed by atoms with Crippen LogP contribution in [0.4, 0.5) is 10.5 Å². The fraction of sp³-hybridized carbons (Fsp3) is 0.235. The molecule has 0 unspecified atom stereocenters. The smallest absolute Gasteiger partial charge is 0.319 e. The quantitative estimate of drug-likeness (QED) is 0.711. The molecule has 0 heterocycles. The molecule has 5 nitrogen and oxygen atoms in total. The molecule has 23 heavy (non-hydrogen) atoms. The number of thiol groups is 1. The summed E-state index contributed by atoms with van der Waals surface area (Å²) < 4.78 is 10.5. The summed E-state index contributed by atoms with van der Waals surface area (Å²) in [5, 5.41) is 5.58. The van der Waals surface area contributed by atoms with Gasteiger partial charge >= 0.3 is 6.03 Å². The third-order valence-corrected chi connectivity index (χ3v) is 3.69. The molecule has 2 aromatic rings. The summed E-state index contributed by atoms with van der Waals surface area (Å²) in [6.07, 6.45) is 0.691. The number of urea groups is 1. The number of para-hydroxylation sites is 1. The standard InChI is InChI=1S/C17H20N2O3S/c1-21-14-8-7-12(11-15(14)22-2)9-10-18-17(20)19-13-5-3-4-6-16(13)23/h3-8,11,23H,9-10H2,1-2H3,(H2,18,19,20). The van der Waals surface area contributed by atoms with Gasteiger partial charge in [0.05, 0.1) is 19.9 Å². The van der Waals surface area contributed by atoms with Crippen molar-refractivity contribution in [3.05, 3.63) is 48.0 Å². The largest absolute Gasteiger partial charge is 0.493 e. The number of anilines is 1. The fourth-order valence-corrected chi connectivity index (χ4v) is 2.32. The van der Waals surface area contributed by atoms with Crippen molar-refractivity contribution >= 4 is 24.3 Å². The number of nitrogens with one attached hydrogen (secondary N) is 2. The third kappa shape index (κ3) is 4.82. The first-order chi connectivity index (χ1) is 11.1. The third-order valence-electron chi connectivity index (χ3n) is 3.30. The Kier molecular flexibility index (Phi) is 6.17. The molecule has 0 saturated heterocycles. The molecule has 0 saturated carbocycles. The van der Waals surface area contributed by atoms with Crippen LogP contribution in [-0.4, -0.2) is 26.8 Å². The maximum Gasteiger partial charge on any atom is 0.319 e. The van der Waals surface area contributed by atoms with Crippen molar-refractivity contribution in [3.8, 4) is 11.5 Å². The average Bonchev–Trinajstić information content (AvgIpc) is 2.56. The lowest BCUT2D eigenvalue weighted by atomic mass is 10.1. The number of benzene rings is 2. The van der Waals surface area contributed by atoms with Gasteiger partial charge in [-0.3, -0.25) is 0 Å². The summed E-state index contributed by atoms with van der Waals surface area (Å²) in [5.41, 5.74) is 1.73. The first-order valence-corrected chi connectivity index (χ1v) is 7.62. The van der Waals surface area contributed by atoms with Crippen LogP contribution in [0.2, 0.25) is 0 Å². The maximum atomic E-state index is 11.9. The van der Waals surface area contributed by atoms with Crippen molar-refractivity contribution in [1.29, 1.82) is 0 Å². The van der Waals surface area contributed by atoms with Gasteiger partial charge in [0.25, 0.3) is 0 Å². The number of carbonyl (C=O) groups excluding carboxylic acids is 1. The highest BCUT2D eigenvalue weighted by atomic mass is 32.1. The van der Waals surface area contributed by atoms with E-state index < -0.39 is 0 Å². The molecule has 0 spiro atoms. The molecule has 0 aliphatic heterocycles. The van der Waals surface area contributed by atoms with Gasteiger partial charge in [0.15, 0.2) is 11.5 Å². The summed E-state index contributed by atoms with van der Waals surface area (Å²) in [6.45, 7) is 0.510. The Balaban J connectivity index is 1.85. The van der Waals surface area contributed by atoms with E-state index in [-0.39, 0.29) is 6.03 Å². The van der Waals surface area contributed by atoms with Crippen molar-refractivity contribution in [2.45, 2.75) is 11.3 Å². The highest BCUT2D eigenvalue weighted by molar-refractivity contribution is 7.80. The zero-order valence-electron chi connectivity index (χ0n) is 13.1. The summed E-state index contributed by atoms with van der Waals surface area (Å²) >= 11 is 4.29. The second kappa shape index (κ2) is 8.33. The molecular formula is C17H20N2O3S. The average molecular weight is 332 g/mol. The zero-order valence-corrected chi connectivity index (χ0v) is 14.0. The molecule has 0 aliphatic carbocycles. The monoisotopic (exact) mass is 332 g/mol. The minimum Gasteiger partial charge on any atom is -0.493 e. The number of hydrogen-bond donors (Lipinski definition) is 3. The highest BCUT2D eigenvalue weighted by Gasteiger charge is 2.06. The predicted octanol–water partition coefficient (Wildman–Crippen LogP) is 3.36. The Morgan fingerprint density at radius 1 is 1.09 bits per heavy atom. The van der Waals surface area contributed by atoms with Crippen molar-refractivity contribution in [1.82, 2.24) is 5.32 Å². The zero-order chi connectivity index (χ0) is 16.7. The van der Waals surface area contributed by atoms with E-state index >= 15 is 0 Å². The van der Waals surface area contributed by atoms with Crippen molar-refractivity contribution in [3.63, 3.8) is 0 Å². The lowest BCUT2D eigenvalue weighted by Gasteiger charge is -2.11. The van der Waals surface area contributed by atoms with Crippen molar-refractivity contribution < 1.29 is 14.3 Å². The lowest BCUT2D eigenvalue weighted by molar-refractivity contribution is 0.252. The van der Waals surface area contributed by atoms with Crippen LogP contribution in [0.1, 0.15) is 5.56 Å². The fourth-order valence-electron chi connectivity index (χ4n) is 2.10. The Hall–Kier alpha value is -2.34. The van der Waals surface area contributed by atoms with Crippen LogP contribution < -0.4 is 20.1 Å². The van der Waals surface area contributed by atoms with Crippen LogP contribution in [0.5, 0.6) is 11.5 Å². The van der Waals surface area contributed by atoms with E-state index in [0.717, 1.165) is 10.5 Å². The topological polar surface area (TPSA) is 59.6 Å². The van der Waals surface area contributed by atoms with Gasteiger partial charge < -0.3 is 20.1 Å². The summed E-state index contributed by atoms with van der Waals surface area (Å²) in [6, 6.07) is 12.8. The minimum atomic E-state index is -0.257. The van der Waals surface area contributed by atoms with Gasteiger partial charge in [0, 0.05) is 11.4 Å². The van der Waals surface area contributed by atoms with Gasteiger partial charge in [-0.25, -0.2) is 4.79 Å². The molecule has 6 heteroatoms. The predicted molar refractivity (Wildman–Crippen MR) is 94.0 cm³/mol. The minimum absolute atomic E-state index is 0.257. The molecule has 2 N–H and O–H groups in total. The summed E-state index contributed by atoms with van der Waals surface area (Å²) in [7, 11) is 3.20. The van der Waals surface area contributed by atoms with E-state index in [2.05, 4.69) is 23.3 Å². The first-order valence-electron chi connectivity index (χ1n) is 7.17. The van der Waals surface area contributed by atoms with Gasteiger partial charge in [0.2, 0.25) is 0 Å². The Morgan fingerprint density at radius 3 is 2.52 bits per heavy atom. The molecule has 0 aromatic heterocycles. The molecule has 2 amide bonds. The Labute approximate surface area is 141 Å². The second-order valence-electron chi connectivity index (χ2n) is 4.84. The molecule has 0 atom stereocenters. The molecule has 0 fully saturated rings. The Morgan fingerprint density at radius 2 is 1.83 bits per heavy atom. The van der Waals surface area contributed by atoms with Crippen LogP contribution in [0.3, 0.4) is 0 Å².